The second-order valence-electron chi connectivity index (χ2n) is 9.11. The van der Waals surface area contributed by atoms with Crippen LogP contribution in [-0.2, 0) is 9.59 Å². The molecule has 4 aliphatic rings. The molecular weight excluding hydrogens is 389 g/mol. The summed E-state index contributed by atoms with van der Waals surface area (Å²) in [5, 5.41) is 0.945. The fourth-order valence-electron chi connectivity index (χ4n) is 5.69. The maximum Gasteiger partial charge on any atom is 0.397 e. The van der Waals surface area contributed by atoms with E-state index >= 15 is 0 Å². The normalized spacial score (nSPS) is 36.3. The first-order chi connectivity index (χ1) is 13.1. The largest absolute Gasteiger partial charge is 0.397 e. The van der Waals surface area contributed by atoms with E-state index in [1.54, 1.807) is 11.8 Å². The van der Waals surface area contributed by atoms with Gasteiger partial charge in [-0.25, -0.2) is 4.99 Å². The summed E-state index contributed by atoms with van der Waals surface area (Å²) in [5.41, 5.74) is 0. The Morgan fingerprint density at radius 1 is 1.21 bits per heavy atom. The monoisotopic (exact) mass is 416 g/mol. The molecule has 4 atom stereocenters. The van der Waals surface area contributed by atoms with E-state index in [1.165, 1.54) is 30.6 Å². The van der Waals surface area contributed by atoms with E-state index in [0.717, 1.165) is 23.3 Å². The van der Waals surface area contributed by atoms with E-state index in [0.29, 0.717) is 18.8 Å². The molecule has 8 heteroatoms. The summed E-state index contributed by atoms with van der Waals surface area (Å²) in [7, 11) is 0. The van der Waals surface area contributed by atoms with Gasteiger partial charge in [0, 0.05) is 13.1 Å². The number of hydrogen-bond donors (Lipinski definition) is 0. The molecule has 156 valence electrons. The molecule has 1 unspecified atom stereocenters. The summed E-state index contributed by atoms with van der Waals surface area (Å²) in [6, 6.07) is 0. The Labute approximate surface area is 167 Å². The lowest BCUT2D eigenvalue weighted by atomic mass is 9.84. The van der Waals surface area contributed by atoms with Gasteiger partial charge in [0.05, 0.1) is 5.04 Å². The van der Waals surface area contributed by atoms with Crippen LogP contribution in [0, 0.1) is 23.7 Å². The van der Waals surface area contributed by atoms with Crippen LogP contribution < -0.4 is 0 Å². The molecule has 2 saturated carbocycles. The SMILES string of the molecule is CC1(C2CCN(C(=O)CC(F)(F)F)CC2)SC(C[C@H]2C[C@@H]3CC[C@H]2C3)=NC1=O. The minimum Gasteiger partial charge on any atom is -0.342 e. The average Bonchev–Trinajstić information content (AvgIpc) is 3.29. The van der Waals surface area contributed by atoms with E-state index in [4.69, 9.17) is 0 Å². The molecule has 28 heavy (non-hydrogen) atoms. The van der Waals surface area contributed by atoms with E-state index in [9.17, 15) is 22.8 Å². The molecule has 0 aromatic carbocycles. The fourth-order valence-corrected chi connectivity index (χ4v) is 7.15. The summed E-state index contributed by atoms with van der Waals surface area (Å²) in [6.45, 7) is 2.49. The smallest absolute Gasteiger partial charge is 0.342 e. The number of piperidine rings is 1. The second-order valence-corrected chi connectivity index (χ2v) is 10.6. The zero-order valence-electron chi connectivity index (χ0n) is 16.1. The van der Waals surface area contributed by atoms with Gasteiger partial charge in [-0.1, -0.05) is 18.2 Å². The van der Waals surface area contributed by atoms with Gasteiger partial charge in [-0.2, -0.15) is 13.2 Å². The zero-order valence-corrected chi connectivity index (χ0v) is 17.0. The molecule has 0 N–H and O–H groups in total. The average molecular weight is 417 g/mol. The van der Waals surface area contributed by atoms with E-state index in [-0.39, 0.29) is 24.9 Å². The number of aliphatic imine (C=N–C) groups is 1. The maximum atomic E-state index is 12.7. The van der Waals surface area contributed by atoms with Crippen molar-refractivity contribution >= 4 is 28.6 Å². The van der Waals surface area contributed by atoms with Crippen LogP contribution in [-0.4, -0.2) is 45.8 Å². The summed E-state index contributed by atoms with van der Waals surface area (Å²) in [6.07, 6.45) is 1.37. The molecule has 2 aliphatic carbocycles. The Balaban J connectivity index is 1.31. The predicted molar refractivity (Wildman–Crippen MR) is 102 cm³/mol. The van der Waals surface area contributed by atoms with Crippen LogP contribution in [0.3, 0.4) is 0 Å². The van der Waals surface area contributed by atoms with Gasteiger partial charge in [0.1, 0.15) is 11.2 Å². The Hall–Kier alpha value is -1.05. The lowest BCUT2D eigenvalue weighted by Gasteiger charge is -2.38. The lowest BCUT2D eigenvalue weighted by Crippen LogP contribution is -2.46. The molecule has 2 heterocycles. The van der Waals surface area contributed by atoms with Gasteiger partial charge in [0.25, 0.3) is 5.91 Å². The molecule has 0 aromatic rings. The highest BCUT2D eigenvalue weighted by molar-refractivity contribution is 8.16. The molecule has 2 bridgehead atoms. The highest BCUT2D eigenvalue weighted by Crippen LogP contribution is 2.52. The van der Waals surface area contributed by atoms with Crippen LogP contribution in [0.4, 0.5) is 13.2 Å². The van der Waals surface area contributed by atoms with E-state index in [2.05, 4.69) is 4.99 Å². The molecule has 4 nitrogen and oxygen atoms in total. The predicted octanol–water partition coefficient (Wildman–Crippen LogP) is 4.43. The molecule has 0 aromatic heterocycles. The Morgan fingerprint density at radius 3 is 2.50 bits per heavy atom. The molecule has 0 spiro atoms. The first-order valence-corrected chi connectivity index (χ1v) is 11.1. The van der Waals surface area contributed by atoms with E-state index in [1.807, 2.05) is 6.92 Å². The zero-order chi connectivity index (χ0) is 20.1. The minimum atomic E-state index is -4.47. The van der Waals surface area contributed by atoms with Gasteiger partial charge in [-0.3, -0.25) is 9.59 Å². The lowest BCUT2D eigenvalue weighted by molar-refractivity contribution is -0.162. The first-order valence-electron chi connectivity index (χ1n) is 10.3. The number of likely N-dealkylation sites (tertiary alicyclic amines) is 1. The van der Waals surface area contributed by atoms with Crippen molar-refractivity contribution in [1.29, 1.82) is 0 Å². The van der Waals surface area contributed by atoms with Crippen molar-refractivity contribution in [3.8, 4) is 0 Å². The topological polar surface area (TPSA) is 49.7 Å². The van der Waals surface area contributed by atoms with Gasteiger partial charge in [-0.05, 0) is 69.1 Å². The standard InChI is InChI=1S/C20H27F3N2O2S/c1-19(15-4-6-25(7-5-15)17(26)11-20(21,22)23)18(27)24-16(28-19)10-14-9-12-2-3-13(14)8-12/h12-15H,2-11H2,1H3/t12-,13+,14-,19?/m1/s1. The Kier molecular flexibility index (Phi) is 5.30. The van der Waals surface area contributed by atoms with Crippen molar-refractivity contribution in [2.24, 2.45) is 28.7 Å². The molecule has 1 saturated heterocycles. The third kappa shape index (κ3) is 3.98. The minimum absolute atomic E-state index is 0.0428. The Morgan fingerprint density at radius 2 is 1.93 bits per heavy atom. The van der Waals surface area contributed by atoms with Crippen molar-refractivity contribution < 1.29 is 22.8 Å². The summed E-state index contributed by atoms with van der Waals surface area (Å²) >= 11 is 1.58. The number of halogens is 3. The first kappa shape index (κ1) is 20.2. The number of rotatable bonds is 4. The highest BCUT2D eigenvalue weighted by atomic mass is 32.2. The number of carbonyl (C=O) groups is 2. The Bertz CT molecular complexity index is 687. The van der Waals surface area contributed by atoms with Gasteiger partial charge in [0.2, 0.25) is 5.91 Å². The maximum absolute atomic E-state index is 12.7. The second kappa shape index (κ2) is 7.33. The van der Waals surface area contributed by atoms with Crippen LogP contribution in [0.2, 0.25) is 0 Å². The van der Waals surface area contributed by atoms with Crippen LogP contribution in [0.1, 0.15) is 58.3 Å². The molecule has 2 aliphatic heterocycles. The van der Waals surface area contributed by atoms with Crippen molar-refractivity contribution in [3.63, 3.8) is 0 Å². The summed E-state index contributed by atoms with van der Waals surface area (Å²) in [5.74, 6) is 1.38. The number of nitrogens with zero attached hydrogens (tertiary/aromatic N) is 2. The number of hydrogen-bond acceptors (Lipinski definition) is 3. The van der Waals surface area contributed by atoms with Crippen molar-refractivity contribution in [2.45, 2.75) is 69.2 Å². The van der Waals surface area contributed by atoms with Crippen LogP contribution in [0.25, 0.3) is 0 Å². The van der Waals surface area contributed by atoms with Gasteiger partial charge in [0.15, 0.2) is 0 Å². The van der Waals surface area contributed by atoms with Gasteiger partial charge in [-0.15, -0.1) is 0 Å². The highest BCUT2D eigenvalue weighted by Gasteiger charge is 2.49. The van der Waals surface area contributed by atoms with Crippen molar-refractivity contribution in [3.05, 3.63) is 0 Å². The van der Waals surface area contributed by atoms with E-state index < -0.39 is 23.3 Å². The molecule has 0 radical (unpaired) electrons. The van der Waals surface area contributed by atoms with Crippen LogP contribution >= 0.6 is 11.8 Å². The fraction of sp³-hybridized carbons (Fsp3) is 0.850. The summed E-state index contributed by atoms with van der Waals surface area (Å²) in [4.78, 5) is 30.2. The number of alkyl halides is 3. The molecule has 3 fully saturated rings. The van der Waals surface area contributed by atoms with Crippen molar-refractivity contribution in [1.82, 2.24) is 4.90 Å². The molecular formula is C20H27F3N2O2S. The quantitative estimate of drug-likeness (QED) is 0.681. The van der Waals surface area contributed by atoms with Crippen LogP contribution in [0.5, 0.6) is 0 Å². The van der Waals surface area contributed by atoms with Gasteiger partial charge < -0.3 is 4.90 Å². The van der Waals surface area contributed by atoms with Crippen LogP contribution in [0.15, 0.2) is 4.99 Å². The number of carbonyl (C=O) groups excluding carboxylic acids is 2. The molecule has 2 amide bonds. The molecule has 4 rings (SSSR count). The summed E-state index contributed by atoms with van der Waals surface area (Å²) < 4.78 is 36.7. The number of amides is 2. The third-order valence-electron chi connectivity index (χ3n) is 7.28. The third-order valence-corrected chi connectivity index (χ3v) is 8.71. The number of fused-ring (bicyclic) bond motifs is 2. The van der Waals surface area contributed by atoms with Gasteiger partial charge >= 0.3 is 6.18 Å². The number of thioether (sulfide) groups is 1. The van der Waals surface area contributed by atoms with Crippen molar-refractivity contribution in [2.75, 3.05) is 13.1 Å².